The summed E-state index contributed by atoms with van der Waals surface area (Å²) >= 11 is 0. The van der Waals surface area contributed by atoms with E-state index < -0.39 is 0 Å². The molecule has 2 heterocycles. The van der Waals surface area contributed by atoms with Crippen molar-refractivity contribution in [3.05, 3.63) is 24.4 Å². The standard InChI is InChI=1S/C12H14N4O2/c13-10-6-18-5-9(10)12(17)15-8-1-2-11-7(3-8)4-14-16-11/h1-4,9-10H,5-6,13H2,(H,14,16)(H,15,17). The zero-order chi connectivity index (χ0) is 12.5. The number of ether oxygens (including phenoxy) is 1. The number of carbonyl (C=O) groups is 1. The molecule has 6 nitrogen and oxygen atoms in total. The van der Waals surface area contributed by atoms with Crippen LogP contribution in [0.15, 0.2) is 24.4 Å². The number of nitrogens with one attached hydrogen (secondary N) is 2. The number of amides is 1. The maximum Gasteiger partial charge on any atom is 0.231 e. The zero-order valence-corrected chi connectivity index (χ0v) is 9.72. The van der Waals surface area contributed by atoms with E-state index in [-0.39, 0.29) is 17.9 Å². The molecule has 1 saturated heterocycles. The zero-order valence-electron chi connectivity index (χ0n) is 9.72. The molecule has 94 valence electrons. The fourth-order valence-corrected chi connectivity index (χ4v) is 2.10. The molecule has 3 rings (SSSR count). The van der Waals surface area contributed by atoms with Crippen LogP contribution in [0.1, 0.15) is 0 Å². The maximum atomic E-state index is 12.0. The first kappa shape index (κ1) is 11.2. The van der Waals surface area contributed by atoms with E-state index in [9.17, 15) is 4.79 Å². The van der Waals surface area contributed by atoms with Gasteiger partial charge in [-0.1, -0.05) is 0 Å². The van der Waals surface area contributed by atoms with Crippen LogP contribution in [0.2, 0.25) is 0 Å². The van der Waals surface area contributed by atoms with E-state index in [4.69, 9.17) is 10.5 Å². The molecule has 1 aromatic heterocycles. The summed E-state index contributed by atoms with van der Waals surface area (Å²) in [6, 6.07) is 5.36. The molecule has 0 saturated carbocycles. The summed E-state index contributed by atoms with van der Waals surface area (Å²) in [5.74, 6) is -0.368. The molecular weight excluding hydrogens is 232 g/mol. The number of carbonyl (C=O) groups excluding carboxylic acids is 1. The summed E-state index contributed by atoms with van der Waals surface area (Å²) in [7, 11) is 0. The van der Waals surface area contributed by atoms with E-state index in [1.807, 2.05) is 18.2 Å². The number of aromatic nitrogens is 2. The van der Waals surface area contributed by atoms with Crippen LogP contribution in [0.5, 0.6) is 0 Å². The Morgan fingerprint density at radius 3 is 3.17 bits per heavy atom. The van der Waals surface area contributed by atoms with Gasteiger partial charge in [0.25, 0.3) is 0 Å². The Labute approximate surface area is 103 Å². The summed E-state index contributed by atoms with van der Waals surface area (Å²) < 4.78 is 5.19. The molecule has 1 fully saturated rings. The van der Waals surface area contributed by atoms with Gasteiger partial charge in [-0.3, -0.25) is 9.89 Å². The lowest BCUT2D eigenvalue weighted by Gasteiger charge is -2.13. The van der Waals surface area contributed by atoms with Crippen molar-refractivity contribution in [1.82, 2.24) is 10.2 Å². The van der Waals surface area contributed by atoms with Gasteiger partial charge in [-0.2, -0.15) is 5.10 Å². The highest BCUT2D eigenvalue weighted by atomic mass is 16.5. The third-order valence-electron chi connectivity index (χ3n) is 3.17. The van der Waals surface area contributed by atoms with Crippen LogP contribution < -0.4 is 11.1 Å². The van der Waals surface area contributed by atoms with Gasteiger partial charge >= 0.3 is 0 Å². The van der Waals surface area contributed by atoms with E-state index >= 15 is 0 Å². The highest BCUT2D eigenvalue weighted by molar-refractivity contribution is 5.95. The van der Waals surface area contributed by atoms with Gasteiger partial charge in [0.05, 0.1) is 30.8 Å². The summed E-state index contributed by atoms with van der Waals surface area (Å²) in [5.41, 5.74) is 7.49. The summed E-state index contributed by atoms with van der Waals surface area (Å²) in [6.45, 7) is 0.833. The molecule has 1 aliphatic heterocycles. The van der Waals surface area contributed by atoms with Gasteiger partial charge in [0.1, 0.15) is 0 Å². The van der Waals surface area contributed by atoms with Crippen molar-refractivity contribution >= 4 is 22.5 Å². The Morgan fingerprint density at radius 1 is 1.50 bits per heavy atom. The molecule has 1 aromatic carbocycles. The smallest absolute Gasteiger partial charge is 0.231 e. The van der Waals surface area contributed by atoms with Gasteiger partial charge in [-0.25, -0.2) is 0 Å². The van der Waals surface area contributed by atoms with E-state index in [1.165, 1.54) is 0 Å². The minimum absolute atomic E-state index is 0.0946. The van der Waals surface area contributed by atoms with Gasteiger partial charge < -0.3 is 15.8 Å². The van der Waals surface area contributed by atoms with Crippen LogP contribution in [-0.2, 0) is 9.53 Å². The Bertz CT molecular complexity index is 580. The number of aromatic amines is 1. The van der Waals surface area contributed by atoms with Gasteiger partial charge in [0.2, 0.25) is 5.91 Å². The van der Waals surface area contributed by atoms with Crippen LogP contribution in [0.3, 0.4) is 0 Å². The molecule has 2 aromatic rings. The lowest BCUT2D eigenvalue weighted by Crippen LogP contribution is -2.37. The average Bonchev–Trinajstić information content (AvgIpc) is 2.96. The number of nitrogens with two attached hydrogens (primary N) is 1. The van der Waals surface area contributed by atoms with E-state index in [0.717, 1.165) is 16.6 Å². The van der Waals surface area contributed by atoms with Gasteiger partial charge in [0.15, 0.2) is 0 Å². The van der Waals surface area contributed by atoms with E-state index in [0.29, 0.717) is 13.2 Å². The summed E-state index contributed by atoms with van der Waals surface area (Å²) in [5, 5.41) is 10.6. The van der Waals surface area contributed by atoms with Crippen LogP contribution in [0.4, 0.5) is 5.69 Å². The number of rotatable bonds is 2. The van der Waals surface area contributed by atoms with Gasteiger partial charge in [-0.15, -0.1) is 0 Å². The number of anilines is 1. The molecule has 2 unspecified atom stereocenters. The van der Waals surface area contributed by atoms with Crippen molar-refractivity contribution in [1.29, 1.82) is 0 Å². The molecule has 1 amide bonds. The predicted octanol–water partition coefficient (Wildman–Crippen LogP) is 0.475. The fourth-order valence-electron chi connectivity index (χ4n) is 2.10. The number of H-pyrrole nitrogens is 1. The van der Waals surface area contributed by atoms with Crippen molar-refractivity contribution in [2.24, 2.45) is 11.7 Å². The van der Waals surface area contributed by atoms with Crippen molar-refractivity contribution in [2.75, 3.05) is 18.5 Å². The molecule has 0 aliphatic carbocycles. The first-order valence-electron chi connectivity index (χ1n) is 5.81. The maximum absolute atomic E-state index is 12.0. The van der Waals surface area contributed by atoms with Crippen molar-refractivity contribution in [2.45, 2.75) is 6.04 Å². The normalized spacial score (nSPS) is 23.4. The molecule has 0 spiro atoms. The largest absolute Gasteiger partial charge is 0.379 e. The molecule has 0 radical (unpaired) electrons. The van der Waals surface area contributed by atoms with Crippen LogP contribution in [-0.4, -0.2) is 35.4 Å². The molecule has 6 heteroatoms. The minimum atomic E-state index is -0.273. The Balaban J connectivity index is 1.77. The Kier molecular flexibility index (Phi) is 2.73. The predicted molar refractivity (Wildman–Crippen MR) is 67.0 cm³/mol. The minimum Gasteiger partial charge on any atom is -0.379 e. The number of hydrogen-bond acceptors (Lipinski definition) is 4. The lowest BCUT2D eigenvalue weighted by atomic mass is 10.0. The molecular formula is C12H14N4O2. The quantitative estimate of drug-likeness (QED) is 0.718. The molecule has 0 bridgehead atoms. The highest BCUT2D eigenvalue weighted by Gasteiger charge is 2.31. The van der Waals surface area contributed by atoms with Crippen LogP contribution in [0, 0.1) is 5.92 Å². The second kappa shape index (κ2) is 4.40. The number of nitrogens with zero attached hydrogens (tertiary/aromatic N) is 1. The molecule has 1 aliphatic rings. The van der Waals surface area contributed by atoms with E-state index in [2.05, 4.69) is 15.5 Å². The van der Waals surface area contributed by atoms with E-state index in [1.54, 1.807) is 6.20 Å². The number of benzene rings is 1. The highest BCUT2D eigenvalue weighted by Crippen LogP contribution is 2.19. The molecule has 18 heavy (non-hydrogen) atoms. The average molecular weight is 246 g/mol. The summed E-state index contributed by atoms with van der Waals surface area (Å²) in [6.07, 6.45) is 1.72. The van der Waals surface area contributed by atoms with Crippen molar-refractivity contribution in [3.63, 3.8) is 0 Å². The number of fused-ring (bicyclic) bond motifs is 1. The lowest BCUT2D eigenvalue weighted by molar-refractivity contribution is -0.120. The van der Waals surface area contributed by atoms with Crippen LogP contribution >= 0.6 is 0 Å². The summed E-state index contributed by atoms with van der Waals surface area (Å²) in [4.78, 5) is 12.0. The SMILES string of the molecule is NC1COCC1C(=O)Nc1ccc2[nH]ncc2c1. The third-order valence-corrected chi connectivity index (χ3v) is 3.17. The van der Waals surface area contributed by atoms with Gasteiger partial charge in [-0.05, 0) is 18.2 Å². The Hall–Kier alpha value is -1.92. The first-order valence-corrected chi connectivity index (χ1v) is 5.81. The first-order chi connectivity index (χ1) is 8.74. The second-order valence-electron chi connectivity index (χ2n) is 4.47. The monoisotopic (exact) mass is 246 g/mol. The van der Waals surface area contributed by atoms with Gasteiger partial charge in [0, 0.05) is 17.1 Å². The fraction of sp³-hybridized carbons (Fsp3) is 0.333. The second-order valence-corrected chi connectivity index (χ2v) is 4.47. The van der Waals surface area contributed by atoms with Crippen molar-refractivity contribution in [3.8, 4) is 0 Å². The molecule has 4 N–H and O–H groups in total. The molecule has 2 atom stereocenters. The number of hydrogen-bond donors (Lipinski definition) is 3. The van der Waals surface area contributed by atoms with Crippen molar-refractivity contribution < 1.29 is 9.53 Å². The Morgan fingerprint density at radius 2 is 2.39 bits per heavy atom. The van der Waals surface area contributed by atoms with Crippen LogP contribution in [0.25, 0.3) is 10.9 Å². The topological polar surface area (TPSA) is 93.0 Å². The third kappa shape index (κ3) is 1.96.